The van der Waals surface area contributed by atoms with Crippen molar-refractivity contribution in [1.82, 2.24) is 14.5 Å². The zero-order valence-electron chi connectivity index (χ0n) is 7.71. The smallest absolute Gasteiger partial charge is 0.214 e. The van der Waals surface area contributed by atoms with Crippen LogP contribution < -0.4 is 0 Å². The fraction of sp³-hybridized carbons (Fsp3) is 0.100. The molecule has 2 aromatic heterocycles. The number of hydrogen-bond acceptors (Lipinski definition) is 3. The molecular weight excluding hydrogens is 178 g/mol. The van der Waals surface area contributed by atoms with Gasteiger partial charge in [0.2, 0.25) is 5.78 Å². The zero-order valence-corrected chi connectivity index (χ0v) is 7.71. The molecule has 4 nitrogen and oxygen atoms in total. The van der Waals surface area contributed by atoms with Crippen LogP contribution in [0.5, 0.6) is 0 Å². The van der Waals surface area contributed by atoms with Gasteiger partial charge in [0.15, 0.2) is 0 Å². The molecule has 2 heterocycles. The Bertz CT molecular complexity index is 447. The number of imidazole rings is 1. The second-order valence-electron chi connectivity index (χ2n) is 3.00. The second kappa shape index (κ2) is 3.41. The van der Waals surface area contributed by atoms with Crippen LogP contribution >= 0.6 is 0 Å². The Labute approximate surface area is 81.2 Å². The van der Waals surface area contributed by atoms with Gasteiger partial charge in [-0.3, -0.25) is 9.78 Å². The lowest BCUT2D eigenvalue weighted by molar-refractivity contribution is 0.103. The topological polar surface area (TPSA) is 47.8 Å². The summed E-state index contributed by atoms with van der Waals surface area (Å²) in [6.45, 7) is 0. The average Bonchev–Trinajstić information content (AvgIpc) is 2.65. The summed E-state index contributed by atoms with van der Waals surface area (Å²) in [7, 11) is 1.83. The SMILES string of the molecule is Cn1cnc(C(=O)c2cccnc2)c1. The van der Waals surface area contributed by atoms with Crippen LogP contribution in [-0.4, -0.2) is 20.3 Å². The van der Waals surface area contributed by atoms with E-state index in [1.54, 1.807) is 35.4 Å². The van der Waals surface area contributed by atoms with Gasteiger partial charge in [-0.25, -0.2) is 4.98 Å². The van der Waals surface area contributed by atoms with Crippen molar-refractivity contribution in [3.63, 3.8) is 0 Å². The van der Waals surface area contributed by atoms with Crippen molar-refractivity contribution in [2.75, 3.05) is 0 Å². The summed E-state index contributed by atoms with van der Waals surface area (Å²) in [4.78, 5) is 19.6. The minimum atomic E-state index is -0.0984. The van der Waals surface area contributed by atoms with Crippen molar-refractivity contribution in [2.45, 2.75) is 0 Å². The Balaban J connectivity index is 2.34. The summed E-state index contributed by atoms with van der Waals surface area (Å²) in [6.07, 6.45) is 6.46. The molecule has 0 atom stereocenters. The predicted octanol–water partition coefficient (Wildman–Crippen LogP) is 1.05. The maximum absolute atomic E-state index is 11.7. The fourth-order valence-electron chi connectivity index (χ4n) is 1.18. The number of rotatable bonds is 2. The van der Waals surface area contributed by atoms with E-state index in [-0.39, 0.29) is 5.78 Å². The lowest BCUT2D eigenvalue weighted by Crippen LogP contribution is -2.01. The summed E-state index contributed by atoms with van der Waals surface area (Å²) in [5.41, 5.74) is 1.01. The lowest BCUT2D eigenvalue weighted by Gasteiger charge is -1.94. The van der Waals surface area contributed by atoms with E-state index in [0.717, 1.165) is 0 Å². The number of pyridine rings is 1. The number of nitrogens with zero attached hydrogens (tertiary/aromatic N) is 3. The van der Waals surface area contributed by atoms with E-state index in [4.69, 9.17) is 0 Å². The van der Waals surface area contributed by atoms with Crippen LogP contribution in [0.2, 0.25) is 0 Å². The van der Waals surface area contributed by atoms with E-state index in [0.29, 0.717) is 11.3 Å². The number of carbonyl (C=O) groups is 1. The largest absolute Gasteiger partial charge is 0.340 e. The molecule has 0 fully saturated rings. The highest BCUT2D eigenvalue weighted by atomic mass is 16.1. The first kappa shape index (κ1) is 8.62. The monoisotopic (exact) mass is 187 g/mol. The van der Waals surface area contributed by atoms with Crippen LogP contribution in [0, 0.1) is 0 Å². The molecule has 0 N–H and O–H groups in total. The first-order valence-corrected chi connectivity index (χ1v) is 4.20. The molecule has 0 aliphatic rings. The third-order valence-electron chi connectivity index (χ3n) is 1.86. The third-order valence-corrected chi connectivity index (χ3v) is 1.86. The first-order chi connectivity index (χ1) is 6.77. The number of aryl methyl sites for hydroxylation is 1. The molecule has 0 amide bonds. The fourth-order valence-corrected chi connectivity index (χ4v) is 1.18. The first-order valence-electron chi connectivity index (χ1n) is 4.20. The van der Waals surface area contributed by atoms with E-state index in [2.05, 4.69) is 9.97 Å². The Morgan fingerprint density at radius 1 is 1.50 bits per heavy atom. The number of aromatic nitrogens is 3. The molecule has 70 valence electrons. The van der Waals surface area contributed by atoms with Crippen LogP contribution in [0.4, 0.5) is 0 Å². The summed E-state index contributed by atoms with van der Waals surface area (Å²) in [5, 5.41) is 0. The van der Waals surface area contributed by atoms with Gasteiger partial charge in [-0.1, -0.05) is 0 Å². The van der Waals surface area contributed by atoms with Gasteiger partial charge in [-0.2, -0.15) is 0 Å². The van der Waals surface area contributed by atoms with Crippen LogP contribution in [0.3, 0.4) is 0 Å². The molecule has 0 aromatic carbocycles. The van der Waals surface area contributed by atoms with E-state index >= 15 is 0 Å². The Kier molecular flexibility index (Phi) is 2.10. The molecule has 14 heavy (non-hydrogen) atoms. The Morgan fingerprint density at radius 2 is 2.36 bits per heavy atom. The second-order valence-corrected chi connectivity index (χ2v) is 3.00. The highest BCUT2D eigenvalue weighted by Crippen LogP contribution is 2.05. The molecule has 0 bridgehead atoms. The highest BCUT2D eigenvalue weighted by molar-refractivity contribution is 6.07. The van der Waals surface area contributed by atoms with E-state index in [1.165, 1.54) is 6.20 Å². The van der Waals surface area contributed by atoms with Gasteiger partial charge >= 0.3 is 0 Å². The minimum Gasteiger partial charge on any atom is -0.340 e. The molecule has 2 rings (SSSR count). The molecule has 0 aliphatic heterocycles. The molecule has 0 aliphatic carbocycles. The number of ketones is 1. The quantitative estimate of drug-likeness (QED) is 0.660. The standard InChI is InChI=1S/C10H9N3O/c1-13-6-9(12-7-13)10(14)8-3-2-4-11-5-8/h2-7H,1H3. The van der Waals surface area contributed by atoms with Crippen molar-refractivity contribution in [2.24, 2.45) is 7.05 Å². The van der Waals surface area contributed by atoms with E-state index in [1.807, 2.05) is 7.05 Å². The van der Waals surface area contributed by atoms with Crippen LogP contribution in [0.15, 0.2) is 37.1 Å². The Hall–Kier alpha value is -1.97. The van der Waals surface area contributed by atoms with Crippen molar-refractivity contribution in [3.8, 4) is 0 Å². The predicted molar refractivity (Wildman–Crippen MR) is 50.9 cm³/mol. The van der Waals surface area contributed by atoms with Crippen LogP contribution in [0.1, 0.15) is 16.1 Å². The van der Waals surface area contributed by atoms with Gasteiger partial charge in [0.05, 0.1) is 6.33 Å². The third kappa shape index (κ3) is 1.54. The molecule has 0 saturated heterocycles. The van der Waals surface area contributed by atoms with Crippen molar-refractivity contribution < 1.29 is 4.79 Å². The average molecular weight is 187 g/mol. The highest BCUT2D eigenvalue weighted by Gasteiger charge is 2.10. The molecule has 2 aromatic rings. The molecule has 0 spiro atoms. The van der Waals surface area contributed by atoms with Gasteiger partial charge in [-0.05, 0) is 12.1 Å². The van der Waals surface area contributed by atoms with E-state index in [9.17, 15) is 4.79 Å². The molecule has 0 unspecified atom stereocenters. The van der Waals surface area contributed by atoms with Gasteiger partial charge in [0.1, 0.15) is 5.69 Å². The van der Waals surface area contributed by atoms with Crippen molar-refractivity contribution >= 4 is 5.78 Å². The maximum Gasteiger partial charge on any atom is 0.214 e. The van der Waals surface area contributed by atoms with Gasteiger partial charge in [0, 0.05) is 31.2 Å². The number of hydrogen-bond donors (Lipinski definition) is 0. The van der Waals surface area contributed by atoms with Crippen LogP contribution in [0.25, 0.3) is 0 Å². The normalized spacial score (nSPS) is 10.1. The Morgan fingerprint density at radius 3 is 2.93 bits per heavy atom. The molecule has 0 saturated carbocycles. The van der Waals surface area contributed by atoms with Gasteiger partial charge in [-0.15, -0.1) is 0 Å². The molecule has 4 heteroatoms. The summed E-state index contributed by atoms with van der Waals surface area (Å²) >= 11 is 0. The van der Waals surface area contributed by atoms with Gasteiger partial charge in [0.25, 0.3) is 0 Å². The summed E-state index contributed by atoms with van der Waals surface area (Å²) < 4.78 is 1.74. The molecular formula is C10H9N3O. The lowest BCUT2D eigenvalue weighted by atomic mass is 10.1. The minimum absolute atomic E-state index is 0.0984. The van der Waals surface area contributed by atoms with Crippen molar-refractivity contribution in [1.29, 1.82) is 0 Å². The van der Waals surface area contributed by atoms with E-state index < -0.39 is 0 Å². The summed E-state index contributed by atoms with van der Waals surface area (Å²) in [5.74, 6) is -0.0984. The van der Waals surface area contributed by atoms with Gasteiger partial charge < -0.3 is 4.57 Å². The summed E-state index contributed by atoms with van der Waals surface area (Å²) in [6, 6.07) is 3.46. The zero-order chi connectivity index (χ0) is 9.97. The molecule has 0 radical (unpaired) electrons. The number of carbonyl (C=O) groups excluding carboxylic acids is 1. The van der Waals surface area contributed by atoms with Crippen molar-refractivity contribution in [3.05, 3.63) is 48.3 Å². The van der Waals surface area contributed by atoms with Crippen LogP contribution in [-0.2, 0) is 7.05 Å². The maximum atomic E-state index is 11.7.